The second-order valence-electron chi connectivity index (χ2n) is 4.98. The predicted molar refractivity (Wildman–Crippen MR) is 70.4 cm³/mol. The molecular weight excluding hydrogens is 246 g/mol. The first-order valence-electron chi connectivity index (χ1n) is 6.38. The van der Waals surface area contributed by atoms with Crippen molar-refractivity contribution in [3.63, 3.8) is 0 Å². The fourth-order valence-corrected chi connectivity index (χ4v) is 3.72. The fraction of sp³-hybridized carbons (Fsp3) is 0.615. The lowest BCUT2D eigenvalue weighted by molar-refractivity contribution is -0.117. The Morgan fingerprint density at radius 1 is 1.33 bits per heavy atom. The summed E-state index contributed by atoms with van der Waals surface area (Å²) in [5.74, 6) is 3.30. The maximum Gasteiger partial charge on any atom is 0.230 e. The third kappa shape index (κ3) is 2.01. The average Bonchev–Trinajstić information content (AvgIpc) is 3.08. The van der Waals surface area contributed by atoms with E-state index < -0.39 is 0 Å². The number of hydrogen-bond donors (Lipinski definition) is 0. The van der Waals surface area contributed by atoms with Crippen molar-refractivity contribution in [1.82, 2.24) is 10.2 Å². The van der Waals surface area contributed by atoms with Gasteiger partial charge in [-0.15, -0.1) is 22.5 Å². The van der Waals surface area contributed by atoms with E-state index in [-0.39, 0.29) is 11.8 Å². The number of rotatable bonds is 2. The first-order chi connectivity index (χ1) is 8.78. The number of nitrogens with zero attached hydrogens (tertiary/aromatic N) is 3. The summed E-state index contributed by atoms with van der Waals surface area (Å²) in [6.45, 7) is 0.592. The standard InChI is InChI=1S/C13H15N3OS/c1-2-9-7-11(17)16(8-9)13-15-14-12(18-13)10-5-3-4-6-10/h1,9-10H,3-8H2. The third-order valence-electron chi connectivity index (χ3n) is 3.73. The van der Waals surface area contributed by atoms with Crippen molar-refractivity contribution in [1.29, 1.82) is 0 Å². The number of anilines is 1. The van der Waals surface area contributed by atoms with Gasteiger partial charge in [0.15, 0.2) is 0 Å². The molecule has 1 unspecified atom stereocenters. The van der Waals surface area contributed by atoms with Crippen LogP contribution in [0.2, 0.25) is 0 Å². The van der Waals surface area contributed by atoms with E-state index in [0.29, 0.717) is 18.9 Å². The van der Waals surface area contributed by atoms with Crippen molar-refractivity contribution >= 4 is 22.4 Å². The molecule has 0 radical (unpaired) electrons. The molecule has 2 fully saturated rings. The van der Waals surface area contributed by atoms with Crippen LogP contribution in [-0.4, -0.2) is 22.6 Å². The minimum atomic E-state index is 0.0244. The van der Waals surface area contributed by atoms with E-state index in [1.54, 1.807) is 16.2 Å². The zero-order valence-corrected chi connectivity index (χ0v) is 10.9. The summed E-state index contributed by atoms with van der Waals surface area (Å²) in [4.78, 5) is 13.5. The van der Waals surface area contributed by atoms with Crippen LogP contribution in [0.3, 0.4) is 0 Å². The van der Waals surface area contributed by atoms with Crippen molar-refractivity contribution in [3.05, 3.63) is 5.01 Å². The van der Waals surface area contributed by atoms with Gasteiger partial charge in [0.1, 0.15) is 5.01 Å². The van der Waals surface area contributed by atoms with Gasteiger partial charge in [-0.1, -0.05) is 24.2 Å². The maximum absolute atomic E-state index is 11.8. The molecule has 2 aliphatic rings. The van der Waals surface area contributed by atoms with Crippen LogP contribution in [0.25, 0.3) is 0 Å². The van der Waals surface area contributed by atoms with E-state index >= 15 is 0 Å². The molecular formula is C13H15N3OS. The lowest BCUT2D eigenvalue weighted by atomic mass is 10.1. The molecule has 1 amide bonds. The smallest absolute Gasteiger partial charge is 0.230 e. The molecule has 94 valence electrons. The van der Waals surface area contributed by atoms with Gasteiger partial charge in [-0.25, -0.2) is 0 Å². The first-order valence-corrected chi connectivity index (χ1v) is 7.19. The molecule has 0 aromatic carbocycles. The van der Waals surface area contributed by atoms with Gasteiger partial charge in [-0.05, 0) is 12.8 Å². The molecule has 2 heterocycles. The molecule has 5 heteroatoms. The molecule has 0 N–H and O–H groups in total. The third-order valence-corrected chi connectivity index (χ3v) is 4.83. The Balaban J connectivity index is 1.77. The van der Waals surface area contributed by atoms with E-state index in [1.807, 2.05) is 0 Å². The van der Waals surface area contributed by atoms with Gasteiger partial charge >= 0.3 is 0 Å². The minimum Gasteiger partial charge on any atom is -0.285 e. The molecule has 1 aliphatic heterocycles. The van der Waals surface area contributed by atoms with Gasteiger partial charge in [-0.2, -0.15) is 0 Å². The minimum absolute atomic E-state index is 0.0244. The number of amides is 1. The van der Waals surface area contributed by atoms with Gasteiger partial charge in [-0.3, -0.25) is 9.69 Å². The van der Waals surface area contributed by atoms with Crippen molar-refractivity contribution < 1.29 is 4.79 Å². The second-order valence-corrected chi connectivity index (χ2v) is 5.96. The Hall–Kier alpha value is -1.41. The largest absolute Gasteiger partial charge is 0.285 e. The number of carbonyl (C=O) groups excluding carboxylic acids is 1. The Labute approximate surface area is 110 Å². The van der Waals surface area contributed by atoms with Gasteiger partial charge in [0.05, 0.1) is 0 Å². The molecule has 0 bridgehead atoms. The predicted octanol–water partition coefficient (Wildman–Crippen LogP) is 2.18. The number of carbonyl (C=O) groups is 1. The molecule has 1 aromatic rings. The maximum atomic E-state index is 11.8. The summed E-state index contributed by atoms with van der Waals surface area (Å²) in [6.07, 6.45) is 10.8. The molecule has 1 aromatic heterocycles. The highest BCUT2D eigenvalue weighted by Crippen LogP contribution is 2.38. The lowest BCUT2D eigenvalue weighted by Crippen LogP contribution is -2.24. The summed E-state index contributed by atoms with van der Waals surface area (Å²) in [6, 6.07) is 0. The summed E-state index contributed by atoms with van der Waals surface area (Å²) >= 11 is 1.56. The molecule has 4 nitrogen and oxygen atoms in total. The van der Waals surface area contributed by atoms with Crippen molar-refractivity contribution in [2.24, 2.45) is 5.92 Å². The monoisotopic (exact) mass is 261 g/mol. The summed E-state index contributed by atoms with van der Waals surface area (Å²) < 4.78 is 0. The van der Waals surface area contributed by atoms with E-state index in [4.69, 9.17) is 6.42 Å². The van der Waals surface area contributed by atoms with Crippen molar-refractivity contribution in [2.45, 2.75) is 38.0 Å². The molecule has 18 heavy (non-hydrogen) atoms. The highest BCUT2D eigenvalue weighted by atomic mass is 32.1. The Morgan fingerprint density at radius 2 is 2.11 bits per heavy atom. The molecule has 0 spiro atoms. The fourth-order valence-electron chi connectivity index (χ4n) is 2.68. The van der Waals surface area contributed by atoms with Crippen molar-refractivity contribution in [3.8, 4) is 12.3 Å². The van der Waals surface area contributed by atoms with Gasteiger partial charge in [0.2, 0.25) is 11.0 Å². The zero-order chi connectivity index (χ0) is 12.5. The van der Waals surface area contributed by atoms with Crippen LogP contribution in [0.4, 0.5) is 5.13 Å². The second kappa shape index (κ2) is 4.69. The van der Waals surface area contributed by atoms with E-state index in [9.17, 15) is 4.79 Å². The van der Waals surface area contributed by atoms with Crippen LogP contribution in [-0.2, 0) is 4.79 Å². The van der Waals surface area contributed by atoms with Gasteiger partial charge < -0.3 is 0 Å². The molecule has 3 rings (SSSR count). The Kier molecular flexibility index (Phi) is 3.04. The summed E-state index contributed by atoms with van der Waals surface area (Å²) in [5, 5.41) is 10.2. The molecule has 1 aliphatic carbocycles. The summed E-state index contributed by atoms with van der Waals surface area (Å²) in [5.41, 5.74) is 0. The van der Waals surface area contributed by atoms with Gasteiger partial charge in [0.25, 0.3) is 0 Å². The Morgan fingerprint density at radius 3 is 2.78 bits per heavy atom. The van der Waals surface area contributed by atoms with Gasteiger partial charge in [0, 0.05) is 24.8 Å². The quantitative estimate of drug-likeness (QED) is 0.767. The van der Waals surface area contributed by atoms with Crippen LogP contribution >= 0.6 is 11.3 Å². The van der Waals surface area contributed by atoms with Crippen molar-refractivity contribution in [2.75, 3.05) is 11.4 Å². The average molecular weight is 261 g/mol. The van der Waals surface area contributed by atoms with Crippen LogP contribution in [0.5, 0.6) is 0 Å². The number of terminal acetylenes is 1. The lowest BCUT2D eigenvalue weighted by Gasteiger charge is -2.10. The summed E-state index contributed by atoms with van der Waals surface area (Å²) in [7, 11) is 0. The number of hydrogen-bond acceptors (Lipinski definition) is 4. The molecule has 1 saturated carbocycles. The topological polar surface area (TPSA) is 46.1 Å². The van der Waals surface area contributed by atoms with E-state index in [1.165, 1.54) is 25.7 Å². The van der Waals surface area contributed by atoms with Crippen LogP contribution < -0.4 is 4.90 Å². The first kappa shape index (κ1) is 11.7. The Bertz CT molecular complexity index is 499. The molecule has 1 atom stereocenters. The van der Waals surface area contributed by atoms with E-state index in [0.717, 1.165) is 10.1 Å². The highest BCUT2D eigenvalue weighted by Gasteiger charge is 2.32. The van der Waals surface area contributed by atoms with Crippen LogP contribution in [0.1, 0.15) is 43.0 Å². The SMILES string of the molecule is C#CC1CC(=O)N(c2nnc(C3CCCC3)s2)C1. The highest BCUT2D eigenvalue weighted by molar-refractivity contribution is 7.15. The van der Waals surface area contributed by atoms with E-state index in [2.05, 4.69) is 16.1 Å². The van der Waals surface area contributed by atoms with Crippen LogP contribution in [0, 0.1) is 18.3 Å². The van der Waals surface area contributed by atoms with Crippen LogP contribution in [0.15, 0.2) is 0 Å². The normalized spacial score (nSPS) is 24.7. The zero-order valence-electron chi connectivity index (χ0n) is 10.1. The molecule has 1 saturated heterocycles. The number of aromatic nitrogens is 2.